The van der Waals surface area contributed by atoms with Gasteiger partial charge in [-0.3, -0.25) is 14.9 Å². The molecule has 0 heterocycles. The summed E-state index contributed by atoms with van der Waals surface area (Å²) in [6.07, 6.45) is 0.102. The molecule has 0 saturated carbocycles. The second-order valence-corrected chi connectivity index (χ2v) is 7.59. The standard InChI is InChI=1S/C25H24N2O7/c28-21-9-6-20(7-10-21)16-34-17-24(29)26(15-19-4-2-1-3-5-19)23-14-18(12-13-27(32)33)8-11-22(23)25(30)31/h1-11,14,28H,12-13,15-17H2,(H,30,31). The van der Waals surface area contributed by atoms with Gasteiger partial charge in [-0.15, -0.1) is 0 Å². The van der Waals surface area contributed by atoms with Crippen molar-refractivity contribution in [2.24, 2.45) is 0 Å². The SMILES string of the molecule is O=C(O)c1ccc(CC[N+](=O)[O-])cc1N(Cc1ccccc1)C(=O)COCc1ccc(O)cc1. The van der Waals surface area contributed by atoms with Gasteiger partial charge >= 0.3 is 5.97 Å². The molecule has 34 heavy (non-hydrogen) atoms. The maximum atomic E-state index is 13.2. The van der Waals surface area contributed by atoms with E-state index in [0.717, 1.165) is 11.1 Å². The van der Waals surface area contributed by atoms with E-state index in [2.05, 4.69) is 0 Å². The van der Waals surface area contributed by atoms with Gasteiger partial charge in [-0.25, -0.2) is 4.79 Å². The fraction of sp³-hybridized carbons (Fsp3) is 0.200. The zero-order valence-electron chi connectivity index (χ0n) is 18.3. The number of amides is 1. The molecule has 0 unspecified atom stereocenters. The minimum absolute atomic E-state index is 0.0901. The molecule has 0 spiro atoms. The van der Waals surface area contributed by atoms with Crippen LogP contribution in [0.25, 0.3) is 0 Å². The molecular weight excluding hydrogens is 440 g/mol. The molecule has 9 nitrogen and oxygen atoms in total. The highest BCUT2D eigenvalue weighted by molar-refractivity contribution is 6.02. The Labute approximate surface area is 196 Å². The fourth-order valence-corrected chi connectivity index (χ4v) is 3.36. The third-order valence-corrected chi connectivity index (χ3v) is 5.08. The highest BCUT2D eigenvalue weighted by Gasteiger charge is 2.23. The maximum absolute atomic E-state index is 13.2. The molecule has 0 saturated heterocycles. The van der Waals surface area contributed by atoms with Gasteiger partial charge < -0.3 is 19.8 Å². The van der Waals surface area contributed by atoms with Gasteiger partial charge in [0.15, 0.2) is 0 Å². The molecule has 0 aliphatic rings. The highest BCUT2D eigenvalue weighted by Crippen LogP contribution is 2.26. The fourth-order valence-electron chi connectivity index (χ4n) is 3.36. The molecular formula is C25H24N2O7. The lowest BCUT2D eigenvalue weighted by molar-refractivity contribution is -0.479. The number of nitro groups is 1. The van der Waals surface area contributed by atoms with Crippen LogP contribution in [0.15, 0.2) is 72.8 Å². The van der Waals surface area contributed by atoms with Crippen LogP contribution in [0.1, 0.15) is 27.0 Å². The van der Waals surface area contributed by atoms with Crippen molar-refractivity contribution < 1.29 is 29.5 Å². The van der Waals surface area contributed by atoms with Crippen LogP contribution >= 0.6 is 0 Å². The van der Waals surface area contributed by atoms with E-state index in [1.807, 2.05) is 30.3 Å². The normalized spacial score (nSPS) is 10.6. The van der Waals surface area contributed by atoms with Crippen LogP contribution in [0.2, 0.25) is 0 Å². The number of anilines is 1. The van der Waals surface area contributed by atoms with E-state index in [-0.39, 0.29) is 49.7 Å². The first-order chi connectivity index (χ1) is 16.3. The quantitative estimate of drug-likeness (QED) is 0.327. The van der Waals surface area contributed by atoms with Crippen LogP contribution in [-0.4, -0.2) is 40.2 Å². The van der Waals surface area contributed by atoms with E-state index in [9.17, 15) is 29.9 Å². The van der Waals surface area contributed by atoms with Gasteiger partial charge in [-0.05, 0) is 41.0 Å². The summed E-state index contributed by atoms with van der Waals surface area (Å²) in [4.78, 5) is 36.8. The summed E-state index contributed by atoms with van der Waals surface area (Å²) in [7, 11) is 0. The van der Waals surface area contributed by atoms with Gasteiger partial charge in [0, 0.05) is 11.3 Å². The van der Waals surface area contributed by atoms with Gasteiger partial charge in [0.05, 0.1) is 24.4 Å². The van der Waals surface area contributed by atoms with Crippen molar-refractivity contribution in [2.45, 2.75) is 19.6 Å². The summed E-state index contributed by atoms with van der Waals surface area (Å²) in [6.45, 7) is -0.402. The second-order valence-electron chi connectivity index (χ2n) is 7.59. The van der Waals surface area contributed by atoms with Gasteiger partial charge in [0.2, 0.25) is 6.54 Å². The molecule has 3 aromatic carbocycles. The monoisotopic (exact) mass is 464 g/mol. The number of carboxylic acid groups (broad SMARTS) is 1. The number of phenols is 1. The number of rotatable bonds is 11. The number of ether oxygens (including phenoxy) is 1. The minimum Gasteiger partial charge on any atom is -0.508 e. The van der Waals surface area contributed by atoms with E-state index < -0.39 is 16.8 Å². The molecule has 0 aromatic heterocycles. The van der Waals surface area contributed by atoms with E-state index in [1.165, 1.54) is 35.2 Å². The number of carbonyl (C=O) groups is 2. The lowest BCUT2D eigenvalue weighted by Gasteiger charge is -2.25. The van der Waals surface area contributed by atoms with Crippen molar-refractivity contribution in [1.82, 2.24) is 0 Å². The minimum atomic E-state index is -1.22. The first-order valence-electron chi connectivity index (χ1n) is 10.5. The van der Waals surface area contributed by atoms with Crippen molar-refractivity contribution >= 4 is 17.6 Å². The average Bonchev–Trinajstić information content (AvgIpc) is 2.82. The smallest absolute Gasteiger partial charge is 0.337 e. The number of aromatic hydroxyl groups is 1. The third kappa shape index (κ3) is 6.88. The molecule has 0 aliphatic heterocycles. The third-order valence-electron chi connectivity index (χ3n) is 5.08. The number of benzene rings is 3. The Bertz CT molecular complexity index is 1150. The van der Waals surface area contributed by atoms with Crippen LogP contribution < -0.4 is 4.90 Å². The highest BCUT2D eigenvalue weighted by atomic mass is 16.6. The molecule has 176 valence electrons. The average molecular weight is 464 g/mol. The van der Waals surface area contributed by atoms with Crippen molar-refractivity contribution in [3.8, 4) is 5.75 Å². The van der Waals surface area contributed by atoms with Crippen molar-refractivity contribution in [3.05, 3.63) is 105 Å². The Kier molecular flexibility index (Phi) is 8.31. The van der Waals surface area contributed by atoms with E-state index >= 15 is 0 Å². The molecule has 1 amide bonds. The van der Waals surface area contributed by atoms with Crippen LogP contribution in [0.3, 0.4) is 0 Å². The summed E-state index contributed by atoms with van der Waals surface area (Å²) in [5, 5.41) is 29.9. The predicted molar refractivity (Wildman–Crippen MR) is 124 cm³/mol. The molecule has 3 aromatic rings. The first kappa shape index (κ1) is 24.4. The summed E-state index contributed by atoms with van der Waals surface area (Å²) in [5.74, 6) is -1.56. The predicted octanol–water partition coefficient (Wildman–Crippen LogP) is 3.66. The number of carbonyl (C=O) groups excluding carboxylic acids is 1. The topological polar surface area (TPSA) is 130 Å². The molecule has 0 aliphatic carbocycles. The maximum Gasteiger partial charge on any atom is 0.337 e. The van der Waals surface area contributed by atoms with Crippen LogP contribution in [0, 0.1) is 10.1 Å². The Morgan fingerprint density at radius 2 is 1.62 bits per heavy atom. The second kappa shape index (κ2) is 11.6. The van der Waals surface area contributed by atoms with Gasteiger partial charge in [-0.2, -0.15) is 0 Å². The van der Waals surface area contributed by atoms with Gasteiger partial charge in [0.1, 0.15) is 12.4 Å². The molecule has 0 atom stereocenters. The molecule has 9 heteroatoms. The Balaban J connectivity index is 1.87. The van der Waals surface area contributed by atoms with Gasteiger partial charge in [0.25, 0.3) is 5.91 Å². The molecule has 3 rings (SSSR count). The Morgan fingerprint density at radius 3 is 2.26 bits per heavy atom. The number of aromatic carboxylic acids is 1. The zero-order valence-corrected chi connectivity index (χ0v) is 18.3. The summed E-state index contributed by atoms with van der Waals surface area (Å²) in [5.41, 5.74) is 2.14. The van der Waals surface area contributed by atoms with Crippen LogP contribution in [0.4, 0.5) is 5.69 Å². The summed E-state index contributed by atoms with van der Waals surface area (Å²) < 4.78 is 5.56. The largest absolute Gasteiger partial charge is 0.508 e. The molecule has 0 bridgehead atoms. The lowest BCUT2D eigenvalue weighted by atomic mass is 10.0. The Hall–Kier alpha value is -4.24. The van der Waals surface area contributed by atoms with Crippen molar-refractivity contribution in [2.75, 3.05) is 18.1 Å². The van der Waals surface area contributed by atoms with E-state index in [1.54, 1.807) is 12.1 Å². The molecule has 0 radical (unpaired) electrons. The number of carboxylic acids is 1. The molecule has 0 fully saturated rings. The number of nitrogens with zero attached hydrogens (tertiary/aromatic N) is 2. The van der Waals surface area contributed by atoms with Gasteiger partial charge in [-0.1, -0.05) is 48.5 Å². The Morgan fingerprint density at radius 1 is 0.941 bits per heavy atom. The number of hydrogen-bond acceptors (Lipinski definition) is 6. The summed E-state index contributed by atoms with van der Waals surface area (Å²) in [6, 6.07) is 19.8. The lowest BCUT2D eigenvalue weighted by Crippen LogP contribution is -2.35. The van der Waals surface area contributed by atoms with Crippen LogP contribution in [0.5, 0.6) is 5.75 Å². The molecule has 2 N–H and O–H groups in total. The number of phenolic OH excluding ortho intramolecular Hbond substituents is 1. The first-order valence-corrected chi connectivity index (χ1v) is 10.5. The van der Waals surface area contributed by atoms with E-state index in [0.29, 0.717) is 5.56 Å². The van der Waals surface area contributed by atoms with E-state index in [4.69, 9.17) is 4.74 Å². The number of hydrogen-bond donors (Lipinski definition) is 2. The zero-order chi connectivity index (χ0) is 24.5. The summed E-state index contributed by atoms with van der Waals surface area (Å²) >= 11 is 0. The van der Waals surface area contributed by atoms with Crippen LogP contribution in [-0.2, 0) is 29.1 Å². The van der Waals surface area contributed by atoms with Crippen molar-refractivity contribution in [1.29, 1.82) is 0 Å². The van der Waals surface area contributed by atoms with Crippen molar-refractivity contribution in [3.63, 3.8) is 0 Å².